The summed E-state index contributed by atoms with van der Waals surface area (Å²) in [5, 5.41) is 14.8. The van der Waals surface area contributed by atoms with Gasteiger partial charge in [0.1, 0.15) is 0 Å². The summed E-state index contributed by atoms with van der Waals surface area (Å²) in [6, 6.07) is 3.67. The van der Waals surface area contributed by atoms with Gasteiger partial charge in [-0.1, -0.05) is 19.9 Å². The predicted molar refractivity (Wildman–Crippen MR) is 106 cm³/mol. The SMILES string of the molecule is CC1(C)Cc2nc(N3CCC(O)CC3)ncc2[C@@H](NC(=O)c2cccs2)C1. The first-order valence-electron chi connectivity index (χ1n) is 9.54. The monoisotopic (exact) mass is 386 g/mol. The van der Waals surface area contributed by atoms with E-state index in [0.717, 1.165) is 60.9 Å². The summed E-state index contributed by atoms with van der Waals surface area (Å²) in [6.45, 7) is 6.00. The second kappa shape index (κ2) is 7.20. The van der Waals surface area contributed by atoms with Gasteiger partial charge < -0.3 is 15.3 Å². The van der Waals surface area contributed by atoms with E-state index >= 15 is 0 Å². The Labute approximate surface area is 163 Å². The molecule has 27 heavy (non-hydrogen) atoms. The summed E-state index contributed by atoms with van der Waals surface area (Å²) in [6.07, 6.45) is 4.93. The number of nitrogens with zero attached hydrogens (tertiary/aromatic N) is 3. The van der Waals surface area contributed by atoms with Crippen LogP contribution in [0.15, 0.2) is 23.7 Å². The number of nitrogens with one attached hydrogen (secondary N) is 1. The average molecular weight is 387 g/mol. The van der Waals surface area contributed by atoms with Gasteiger partial charge in [-0.05, 0) is 42.5 Å². The van der Waals surface area contributed by atoms with Gasteiger partial charge in [0.25, 0.3) is 5.91 Å². The summed E-state index contributed by atoms with van der Waals surface area (Å²) >= 11 is 1.45. The van der Waals surface area contributed by atoms with Gasteiger partial charge in [0.05, 0.1) is 22.7 Å². The molecule has 1 saturated heterocycles. The molecule has 0 aromatic carbocycles. The van der Waals surface area contributed by atoms with Crippen LogP contribution in [0.5, 0.6) is 0 Å². The fraction of sp³-hybridized carbons (Fsp3) is 0.550. The average Bonchev–Trinajstić information content (AvgIpc) is 3.15. The van der Waals surface area contributed by atoms with Crippen molar-refractivity contribution in [2.24, 2.45) is 5.41 Å². The number of hydrogen-bond acceptors (Lipinski definition) is 6. The molecule has 0 spiro atoms. The lowest BCUT2D eigenvalue weighted by atomic mass is 9.74. The number of hydrogen-bond donors (Lipinski definition) is 2. The van der Waals surface area contributed by atoms with Gasteiger partial charge in [-0.15, -0.1) is 11.3 Å². The minimum Gasteiger partial charge on any atom is -0.393 e. The molecule has 144 valence electrons. The number of aliphatic hydroxyl groups excluding tert-OH is 1. The van der Waals surface area contributed by atoms with Crippen LogP contribution in [0.25, 0.3) is 0 Å². The summed E-state index contributed by atoms with van der Waals surface area (Å²) in [5.74, 6) is 0.703. The molecule has 7 heteroatoms. The Morgan fingerprint density at radius 2 is 2.15 bits per heavy atom. The third kappa shape index (κ3) is 3.99. The van der Waals surface area contributed by atoms with Gasteiger partial charge in [-0.25, -0.2) is 9.97 Å². The molecule has 1 aliphatic carbocycles. The van der Waals surface area contributed by atoms with E-state index < -0.39 is 0 Å². The number of piperidine rings is 1. The van der Waals surface area contributed by atoms with E-state index in [1.54, 1.807) is 0 Å². The van der Waals surface area contributed by atoms with E-state index in [2.05, 4.69) is 29.0 Å². The van der Waals surface area contributed by atoms with Crippen LogP contribution in [-0.4, -0.2) is 40.2 Å². The zero-order valence-corrected chi connectivity index (χ0v) is 16.6. The number of carbonyl (C=O) groups excluding carboxylic acids is 1. The maximum atomic E-state index is 12.6. The van der Waals surface area contributed by atoms with E-state index in [9.17, 15) is 9.90 Å². The van der Waals surface area contributed by atoms with Gasteiger partial charge in [0, 0.05) is 24.8 Å². The van der Waals surface area contributed by atoms with Crippen molar-refractivity contribution in [2.75, 3.05) is 18.0 Å². The van der Waals surface area contributed by atoms with Gasteiger partial charge in [-0.2, -0.15) is 0 Å². The van der Waals surface area contributed by atoms with Crippen molar-refractivity contribution in [3.8, 4) is 0 Å². The lowest BCUT2D eigenvalue weighted by molar-refractivity contribution is 0.0923. The topological polar surface area (TPSA) is 78.3 Å². The molecule has 0 radical (unpaired) electrons. The molecule has 2 aromatic rings. The molecule has 0 bridgehead atoms. The molecule has 2 aromatic heterocycles. The lowest BCUT2D eigenvalue weighted by Gasteiger charge is -2.37. The van der Waals surface area contributed by atoms with Crippen LogP contribution in [0.3, 0.4) is 0 Å². The Kier molecular flexibility index (Phi) is 4.90. The van der Waals surface area contributed by atoms with Gasteiger partial charge in [-0.3, -0.25) is 4.79 Å². The number of thiophene rings is 1. The third-order valence-electron chi connectivity index (χ3n) is 5.46. The van der Waals surface area contributed by atoms with Gasteiger partial charge in [0.15, 0.2) is 0 Å². The summed E-state index contributed by atoms with van der Waals surface area (Å²) in [4.78, 5) is 24.9. The molecule has 2 N–H and O–H groups in total. The highest BCUT2D eigenvalue weighted by Crippen LogP contribution is 2.40. The lowest BCUT2D eigenvalue weighted by Crippen LogP contribution is -2.39. The van der Waals surface area contributed by atoms with E-state index in [4.69, 9.17) is 4.98 Å². The van der Waals surface area contributed by atoms with Crippen molar-refractivity contribution in [1.82, 2.24) is 15.3 Å². The first-order chi connectivity index (χ1) is 12.9. The first-order valence-corrected chi connectivity index (χ1v) is 10.4. The molecule has 0 unspecified atom stereocenters. The Bertz CT molecular complexity index is 813. The maximum Gasteiger partial charge on any atom is 0.261 e. The van der Waals surface area contributed by atoms with Crippen molar-refractivity contribution >= 4 is 23.2 Å². The number of aliphatic hydroxyl groups is 1. The van der Waals surface area contributed by atoms with Crippen LogP contribution >= 0.6 is 11.3 Å². The largest absolute Gasteiger partial charge is 0.393 e. The molecule has 2 aliphatic rings. The third-order valence-corrected chi connectivity index (χ3v) is 6.33. The summed E-state index contributed by atoms with van der Waals surface area (Å²) in [5.41, 5.74) is 2.11. The van der Waals surface area contributed by atoms with Crippen molar-refractivity contribution in [1.29, 1.82) is 0 Å². The normalized spacial score (nSPS) is 22.3. The molecule has 3 heterocycles. The number of aromatic nitrogens is 2. The van der Waals surface area contributed by atoms with Crippen molar-refractivity contribution < 1.29 is 9.90 Å². The molecular weight excluding hydrogens is 360 g/mol. The van der Waals surface area contributed by atoms with E-state index in [1.807, 2.05) is 23.7 Å². The van der Waals surface area contributed by atoms with Crippen LogP contribution in [-0.2, 0) is 6.42 Å². The predicted octanol–water partition coefficient (Wildman–Crippen LogP) is 2.94. The quantitative estimate of drug-likeness (QED) is 0.848. The number of anilines is 1. The Morgan fingerprint density at radius 1 is 1.37 bits per heavy atom. The van der Waals surface area contributed by atoms with Crippen LogP contribution in [0.4, 0.5) is 5.95 Å². The standard InChI is InChI=1S/C20H26N4O2S/c1-20(2)10-15(22-18(26)17-4-3-9-27-17)14-12-21-19(23-16(14)11-20)24-7-5-13(25)6-8-24/h3-4,9,12-13,15,25H,5-8,10-11H2,1-2H3,(H,22,26)/t15-/m0/s1. The molecule has 1 aliphatic heterocycles. The second-order valence-corrected chi connectivity index (χ2v) is 9.29. The van der Waals surface area contributed by atoms with Crippen molar-refractivity contribution in [3.05, 3.63) is 39.8 Å². The van der Waals surface area contributed by atoms with E-state index in [1.165, 1.54) is 11.3 Å². The molecular formula is C20H26N4O2S. The fourth-order valence-corrected chi connectivity index (χ4v) is 4.65. The fourth-order valence-electron chi connectivity index (χ4n) is 4.02. The minimum absolute atomic E-state index is 0.0345. The number of carbonyl (C=O) groups is 1. The van der Waals surface area contributed by atoms with Crippen LogP contribution in [0.1, 0.15) is 60.1 Å². The smallest absolute Gasteiger partial charge is 0.261 e. The van der Waals surface area contributed by atoms with Crippen LogP contribution < -0.4 is 10.2 Å². The molecule has 1 fully saturated rings. The van der Waals surface area contributed by atoms with Gasteiger partial charge >= 0.3 is 0 Å². The molecule has 6 nitrogen and oxygen atoms in total. The molecule has 1 amide bonds. The summed E-state index contributed by atoms with van der Waals surface area (Å²) in [7, 11) is 0. The molecule has 0 saturated carbocycles. The van der Waals surface area contributed by atoms with Gasteiger partial charge in [0.2, 0.25) is 5.95 Å². The van der Waals surface area contributed by atoms with Crippen LogP contribution in [0, 0.1) is 5.41 Å². The van der Waals surface area contributed by atoms with Crippen LogP contribution in [0.2, 0.25) is 0 Å². The first kappa shape index (κ1) is 18.4. The Morgan fingerprint density at radius 3 is 2.85 bits per heavy atom. The highest BCUT2D eigenvalue weighted by atomic mass is 32.1. The molecule has 4 rings (SSSR count). The number of amides is 1. The van der Waals surface area contributed by atoms with E-state index in [0.29, 0.717) is 0 Å². The number of rotatable bonds is 3. The number of fused-ring (bicyclic) bond motifs is 1. The Balaban J connectivity index is 1.58. The highest BCUT2D eigenvalue weighted by molar-refractivity contribution is 7.12. The highest BCUT2D eigenvalue weighted by Gasteiger charge is 2.35. The zero-order chi connectivity index (χ0) is 19.0. The van der Waals surface area contributed by atoms with Crippen molar-refractivity contribution in [3.63, 3.8) is 0 Å². The van der Waals surface area contributed by atoms with E-state index in [-0.39, 0.29) is 23.5 Å². The molecule has 1 atom stereocenters. The summed E-state index contributed by atoms with van der Waals surface area (Å²) < 4.78 is 0. The zero-order valence-electron chi connectivity index (χ0n) is 15.8. The minimum atomic E-state index is -0.213. The Hall–Kier alpha value is -1.99. The van der Waals surface area contributed by atoms with Crippen molar-refractivity contribution in [2.45, 2.75) is 51.7 Å². The second-order valence-electron chi connectivity index (χ2n) is 8.34. The maximum absolute atomic E-state index is 12.6.